The number of hydrogen-bond donors (Lipinski definition) is 0. The van der Waals surface area contributed by atoms with Gasteiger partial charge in [0.25, 0.3) is 10.0 Å². The van der Waals surface area contributed by atoms with Crippen LogP contribution in [0, 0.1) is 6.92 Å². The van der Waals surface area contributed by atoms with Gasteiger partial charge in [0, 0.05) is 6.21 Å². The van der Waals surface area contributed by atoms with E-state index in [1.807, 2.05) is 31.2 Å². The van der Waals surface area contributed by atoms with Gasteiger partial charge in [0.05, 0.1) is 5.25 Å². The highest BCUT2D eigenvalue weighted by molar-refractivity contribution is 7.91. The molecule has 0 amide bonds. The van der Waals surface area contributed by atoms with E-state index in [1.54, 1.807) is 0 Å². The first-order valence-electron chi connectivity index (χ1n) is 4.94. The Labute approximate surface area is 89.9 Å². The highest BCUT2D eigenvalue weighted by atomic mass is 32.2. The number of rotatable bonds is 3. The molecule has 1 aromatic rings. The lowest BCUT2D eigenvalue weighted by atomic mass is 10.1. The summed E-state index contributed by atoms with van der Waals surface area (Å²) in [5.41, 5.74) is 1.90. The molecule has 1 fully saturated rings. The van der Waals surface area contributed by atoms with Crippen LogP contribution in [-0.2, 0) is 10.0 Å². The fourth-order valence-electron chi connectivity index (χ4n) is 1.31. The van der Waals surface area contributed by atoms with E-state index in [2.05, 4.69) is 4.40 Å². The number of aryl methyl sites for hydroxylation is 1. The van der Waals surface area contributed by atoms with E-state index in [4.69, 9.17) is 0 Å². The Bertz CT molecular complexity index is 487. The average molecular weight is 223 g/mol. The van der Waals surface area contributed by atoms with Crippen LogP contribution in [0.3, 0.4) is 0 Å². The minimum Gasteiger partial charge on any atom is -0.204 e. The van der Waals surface area contributed by atoms with Gasteiger partial charge in [-0.05, 0) is 30.9 Å². The van der Waals surface area contributed by atoms with Gasteiger partial charge in [-0.3, -0.25) is 0 Å². The zero-order valence-electron chi connectivity index (χ0n) is 8.55. The smallest absolute Gasteiger partial charge is 0.204 e. The van der Waals surface area contributed by atoms with Gasteiger partial charge in [-0.25, -0.2) is 8.42 Å². The Hall–Kier alpha value is -1.16. The van der Waals surface area contributed by atoms with Crippen LogP contribution >= 0.6 is 0 Å². The van der Waals surface area contributed by atoms with Crippen molar-refractivity contribution in [2.24, 2.45) is 4.40 Å². The Morgan fingerprint density at radius 1 is 1.33 bits per heavy atom. The average Bonchev–Trinajstić information content (AvgIpc) is 3.00. The van der Waals surface area contributed by atoms with E-state index in [9.17, 15) is 8.42 Å². The molecule has 1 aromatic carbocycles. The van der Waals surface area contributed by atoms with Crippen LogP contribution in [0.4, 0.5) is 0 Å². The van der Waals surface area contributed by atoms with Crippen LogP contribution in [-0.4, -0.2) is 19.9 Å². The Kier molecular flexibility index (Phi) is 2.61. The lowest BCUT2D eigenvalue weighted by Gasteiger charge is -1.98. The highest BCUT2D eigenvalue weighted by Crippen LogP contribution is 2.29. The van der Waals surface area contributed by atoms with Crippen molar-refractivity contribution in [2.45, 2.75) is 25.0 Å². The molecule has 0 aromatic heterocycles. The van der Waals surface area contributed by atoms with Crippen molar-refractivity contribution >= 4 is 16.2 Å². The van der Waals surface area contributed by atoms with E-state index < -0.39 is 10.0 Å². The molecule has 4 heteroatoms. The van der Waals surface area contributed by atoms with Crippen LogP contribution in [0.5, 0.6) is 0 Å². The third kappa shape index (κ3) is 2.45. The molecule has 0 saturated heterocycles. The zero-order chi connectivity index (χ0) is 10.9. The summed E-state index contributed by atoms with van der Waals surface area (Å²) in [5, 5.41) is -0.224. The fraction of sp³-hybridized carbons (Fsp3) is 0.364. The van der Waals surface area contributed by atoms with Crippen molar-refractivity contribution < 1.29 is 8.42 Å². The lowest BCUT2D eigenvalue weighted by Crippen LogP contribution is -2.03. The van der Waals surface area contributed by atoms with E-state index in [1.165, 1.54) is 6.21 Å². The highest BCUT2D eigenvalue weighted by Gasteiger charge is 2.35. The third-order valence-electron chi connectivity index (χ3n) is 2.47. The normalized spacial score (nSPS) is 17.1. The molecule has 0 spiro atoms. The van der Waals surface area contributed by atoms with Crippen molar-refractivity contribution in [2.75, 3.05) is 0 Å². The summed E-state index contributed by atoms with van der Waals surface area (Å²) in [6.45, 7) is 1.94. The summed E-state index contributed by atoms with van der Waals surface area (Å²) in [7, 11) is -3.23. The Morgan fingerprint density at radius 3 is 2.60 bits per heavy atom. The molecule has 2 rings (SSSR count). The molecule has 3 nitrogen and oxygen atoms in total. The molecule has 1 saturated carbocycles. The molecular formula is C11H13NO2S. The van der Waals surface area contributed by atoms with Crippen LogP contribution in [0.2, 0.25) is 0 Å². The topological polar surface area (TPSA) is 46.5 Å². The zero-order valence-corrected chi connectivity index (χ0v) is 9.37. The van der Waals surface area contributed by atoms with Crippen molar-refractivity contribution in [3.05, 3.63) is 35.4 Å². The third-order valence-corrected chi connectivity index (χ3v) is 4.19. The first-order valence-corrected chi connectivity index (χ1v) is 6.45. The molecule has 0 radical (unpaired) electrons. The SMILES string of the molecule is Cc1ccccc1/C=N/S(=O)(=O)C1CC1. The number of sulfonamides is 1. The van der Waals surface area contributed by atoms with Crippen LogP contribution in [0.25, 0.3) is 0 Å². The maximum absolute atomic E-state index is 11.5. The monoisotopic (exact) mass is 223 g/mol. The van der Waals surface area contributed by atoms with E-state index >= 15 is 0 Å². The van der Waals surface area contributed by atoms with Gasteiger partial charge < -0.3 is 0 Å². The molecule has 0 N–H and O–H groups in total. The fourth-order valence-corrected chi connectivity index (χ4v) is 2.48. The second-order valence-corrected chi connectivity index (χ2v) is 5.71. The molecular weight excluding hydrogens is 210 g/mol. The lowest BCUT2D eigenvalue weighted by molar-refractivity contribution is 0.597. The van der Waals surface area contributed by atoms with Crippen LogP contribution < -0.4 is 0 Å². The van der Waals surface area contributed by atoms with Gasteiger partial charge in [0.1, 0.15) is 0 Å². The molecule has 0 atom stereocenters. The van der Waals surface area contributed by atoms with Gasteiger partial charge in [-0.15, -0.1) is 0 Å². The van der Waals surface area contributed by atoms with E-state index in [0.717, 1.165) is 24.0 Å². The van der Waals surface area contributed by atoms with Crippen molar-refractivity contribution in [3.63, 3.8) is 0 Å². The van der Waals surface area contributed by atoms with Crippen molar-refractivity contribution in [1.29, 1.82) is 0 Å². The maximum Gasteiger partial charge on any atom is 0.255 e. The minimum absolute atomic E-state index is 0.224. The predicted molar refractivity (Wildman–Crippen MR) is 60.7 cm³/mol. The molecule has 0 unspecified atom stereocenters. The second kappa shape index (κ2) is 3.77. The molecule has 1 aliphatic carbocycles. The van der Waals surface area contributed by atoms with Gasteiger partial charge in [-0.2, -0.15) is 4.40 Å². The Balaban J connectivity index is 2.22. The minimum atomic E-state index is -3.23. The molecule has 80 valence electrons. The molecule has 15 heavy (non-hydrogen) atoms. The summed E-state index contributed by atoms with van der Waals surface area (Å²) in [6, 6.07) is 7.59. The van der Waals surface area contributed by atoms with E-state index in [0.29, 0.717) is 0 Å². The standard InChI is InChI=1S/C11H13NO2S/c1-9-4-2-3-5-10(9)8-12-15(13,14)11-6-7-11/h2-5,8,11H,6-7H2,1H3/b12-8+. The predicted octanol–water partition coefficient (Wildman–Crippen LogP) is 1.91. The first kappa shape index (κ1) is 10.4. The summed E-state index contributed by atoms with van der Waals surface area (Å²) in [6.07, 6.45) is 2.96. The van der Waals surface area contributed by atoms with Crippen molar-refractivity contribution in [1.82, 2.24) is 0 Å². The van der Waals surface area contributed by atoms with Gasteiger partial charge >= 0.3 is 0 Å². The summed E-state index contributed by atoms with van der Waals surface area (Å²) in [4.78, 5) is 0. The first-order chi connectivity index (χ1) is 7.09. The van der Waals surface area contributed by atoms with Gasteiger partial charge in [-0.1, -0.05) is 24.3 Å². The van der Waals surface area contributed by atoms with Gasteiger partial charge in [0.15, 0.2) is 0 Å². The summed E-state index contributed by atoms with van der Waals surface area (Å²) >= 11 is 0. The van der Waals surface area contributed by atoms with Gasteiger partial charge in [0.2, 0.25) is 0 Å². The quantitative estimate of drug-likeness (QED) is 0.735. The number of hydrogen-bond acceptors (Lipinski definition) is 2. The molecule has 0 bridgehead atoms. The number of nitrogens with zero attached hydrogens (tertiary/aromatic N) is 1. The maximum atomic E-state index is 11.5. The summed E-state index contributed by atoms with van der Waals surface area (Å²) < 4.78 is 26.7. The Morgan fingerprint density at radius 2 is 2.00 bits per heavy atom. The molecule has 0 aliphatic heterocycles. The summed E-state index contributed by atoms with van der Waals surface area (Å²) in [5.74, 6) is 0. The largest absolute Gasteiger partial charge is 0.255 e. The second-order valence-electron chi connectivity index (χ2n) is 3.81. The number of benzene rings is 1. The van der Waals surface area contributed by atoms with Crippen LogP contribution in [0.15, 0.2) is 28.7 Å². The molecule has 0 heterocycles. The van der Waals surface area contributed by atoms with Crippen LogP contribution in [0.1, 0.15) is 24.0 Å². The van der Waals surface area contributed by atoms with E-state index in [-0.39, 0.29) is 5.25 Å². The molecule has 1 aliphatic rings. The van der Waals surface area contributed by atoms with Crippen molar-refractivity contribution in [3.8, 4) is 0 Å².